The summed E-state index contributed by atoms with van der Waals surface area (Å²) >= 11 is 0. The fraction of sp³-hybridized carbons (Fsp3) is 0.471. The normalized spacial score (nSPS) is 27.8. The smallest absolute Gasteiger partial charge is 0.323 e. The van der Waals surface area contributed by atoms with E-state index in [1.807, 2.05) is 6.07 Å². The van der Waals surface area contributed by atoms with Crippen molar-refractivity contribution in [1.29, 1.82) is 5.26 Å². The second kappa shape index (κ2) is 5.45. The molecule has 2 aliphatic rings. The molecule has 3 amide bonds. The van der Waals surface area contributed by atoms with Gasteiger partial charge in [-0.05, 0) is 49.3 Å². The van der Waals surface area contributed by atoms with Crippen molar-refractivity contribution >= 4 is 11.9 Å². The summed E-state index contributed by atoms with van der Waals surface area (Å²) in [4.78, 5) is 26.2. The van der Waals surface area contributed by atoms with E-state index in [4.69, 9.17) is 5.26 Å². The molecular weight excluding hydrogens is 278 g/mol. The lowest BCUT2D eigenvalue weighted by atomic mass is 9.77. The molecule has 2 fully saturated rings. The third kappa shape index (κ3) is 2.45. The molecule has 0 atom stereocenters. The van der Waals surface area contributed by atoms with Gasteiger partial charge in [-0.1, -0.05) is 19.1 Å². The summed E-state index contributed by atoms with van der Waals surface area (Å²) < 4.78 is 0. The van der Waals surface area contributed by atoms with Crippen molar-refractivity contribution in [2.75, 3.05) is 0 Å². The Balaban J connectivity index is 1.79. The van der Waals surface area contributed by atoms with Crippen LogP contribution in [0.3, 0.4) is 0 Å². The molecule has 1 saturated heterocycles. The summed E-state index contributed by atoms with van der Waals surface area (Å²) in [7, 11) is 0. The van der Waals surface area contributed by atoms with E-state index in [1.54, 1.807) is 18.2 Å². The zero-order chi connectivity index (χ0) is 15.7. The molecule has 114 valence electrons. The highest BCUT2D eigenvalue weighted by Gasteiger charge is 2.51. The Morgan fingerprint density at radius 2 is 2.09 bits per heavy atom. The number of urea groups is 1. The minimum atomic E-state index is -0.698. The monoisotopic (exact) mass is 297 g/mol. The number of nitrogens with zero attached hydrogens (tertiary/aromatic N) is 2. The number of carbonyl (C=O) groups excluding carboxylic acids is 2. The number of hydrogen-bond donors (Lipinski definition) is 1. The molecule has 1 aliphatic heterocycles. The Hall–Kier alpha value is -2.35. The van der Waals surface area contributed by atoms with Crippen LogP contribution in [0.2, 0.25) is 0 Å². The first-order chi connectivity index (χ1) is 10.5. The third-order valence-corrected chi connectivity index (χ3v) is 4.77. The highest BCUT2D eigenvalue weighted by Crippen LogP contribution is 2.36. The zero-order valence-corrected chi connectivity index (χ0v) is 12.6. The van der Waals surface area contributed by atoms with Crippen LogP contribution in [0.5, 0.6) is 0 Å². The number of rotatable bonds is 2. The maximum absolute atomic E-state index is 12.7. The average Bonchev–Trinajstić information content (AvgIpc) is 2.75. The Bertz CT molecular complexity index is 654. The van der Waals surface area contributed by atoms with E-state index in [1.165, 1.54) is 4.90 Å². The summed E-state index contributed by atoms with van der Waals surface area (Å²) in [5.41, 5.74) is 0.630. The molecule has 1 N–H and O–H groups in total. The van der Waals surface area contributed by atoms with Crippen LogP contribution in [-0.2, 0) is 11.3 Å². The average molecular weight is 297 g/mol. The summed E-state index contributed by atoms with van der Waals surface area (Å²) in [5, 5.41) is 11.9. The standard InChI is InChI=1S/C17H19N3O2/c1-12-5-7-17(8-6-12)15(21)20(16(22)19-17)11-14-4-2-3-13(9-14)10-18/h2-4,9,12H,5-8,11H2,1H3,(H,19,22). The van der Waals surface area contributed by atoms with E-state index in [0.717, 1.165) is 18.4 Å². The molecule has 22 heavy (non-hydrogen) atoms. The number of carbonyl (C=O) groups is 2. The fourth-order valence-corrected chi connectivity index (χ4v) is 3.34. The van der Waals surface area contributed by atoms with Crippen molar-refractivity contribution in [1.82, 2.24) is 10.2 Å². The Morgan fingerprint density at radius 3 is 2.77 bits per heavy atom. The Kier molecular flexibility index (Phi) is 3.61. The van der Waals surface area contributed by atoms with Crippen LogP contribution in [0.25, 0.3) is 0 Å². The van der Waals surface area contributed by atoms with Gasteiger partial charge in [0.05, 0.1) is 18.2 Å². The van der Waals surface area contributed by atoms with Crippen molar-refractivity contribution in [2.45, 2.75) is 44.7 Å². The Labute approximate surface area is 129 Å². The van der Waals surface area contributed by atoms with Crippen molar-refractivity contribution in [3.8, 4) is 6.07 Å². The highest BCUT2D eigenvalue weighted by atomic mass is 16.2. The van der Waals surface area contributed by atoms with E-state index in [0.29, 0.717) is 24.3 Å². The van der Waals surface area contributed by atoms with E-state index >= 15 is 0 Å². The molecule has 1 heterocycles. The molecule has 5 heteroatoms. The highest BCUT2D eigenvalue weighted by molar-refractivity contribution is 6.07. The second-order valence-electron chi connectivity index (χ2n) is 6.40. The number of imide groups is 1. The summed E-state index contributed by atoms with van der Waals surface area (Å²) in [6.07, 6.45) is 3.36. The van der Waals surface area contributed by atoms with Crippen LogP contribution < -0.4 is 5.32 Å². The first kappa shape index (κ1) is 14.6. The molecule has 1 saturated carbocycles. The van der Waals surface area contributed by atoms with Crippen molar-refractivity contribution in [3.63, 3.8) is 0 Å². The third-order valence-electron chi connectivity index (χ3n) is 4.77. The SMILES string of the molecule is CC1CCC2(CC1)NC(=O)N(Cc1cccc(C#N)c1)C2=O. The minimum absolute atomic E-state index is 0.119. The quantitative estimate of drug-likeness (QED) is 0.853. The first-order valence-corrected chi connectivity index (χ1v) is 7.67. The van der Waals surface area contributed by atoms with Gasteiger partial charge in [0.25, 0.3) is 5.91 Å². The molecule has 1 aliphatic carbocycles. The summed E-state index contributed by atoms with van der Waals surface area (Å²) in [5.74, 6) is 0.489. The van der Waals surface area contributed by atoms with Crippen molar-refractivity contribution < 1.29 is 9.59 Å². The maximum atomic E-state index is 12.7. The number of nitrogens with one attached hydrogen (secondary N) is 1. The number of benzene rings is 1. The van der Waals surface area contributed by atoms with Gasteiger partial charge >= 0.3 is 6.03 Å². The van der Waals surface area contributed by atoms with Crippen LogP contribution in [0.15, 0.2) is 24.3 Å². The number of hydrogen-bond acceptors (Lipinski definition) is 3. The van der Waals surface area contributed by atoms with Gasteiger partial charge in [-0.2, -0.15) is 5.26 Å². The molecule has 0 unspecified atom stereocenters. The molecule has 3 rings (SSSR count). The Morgan fingerprint density at radius 1 is 1.36 bits per heavy atom. The molecule has 1 aromatic rings. The van der Waals surface area contributed by atoms with Gasteiger partial charge in [-0.25, -0.2) is 4.79 Å². The summed E-state index contributed by atoms with van der Waals surface area (Å²) in [6, 6.07) is 8.78. The topological polar surface area (TPSA) is 73.2 Å². The van der Waals surface area contributed by atoms with Crippen LogP contribution in [-0.4, -0.2) is 22.4 Å². The van der Waals surface area contributed by atoms with Gasteiger partial charge in [-0.3, -0.25) is 9.69 Å². The van der Waals surface area contributed by atoms with E-state index < -0.39 is 5.54 Å². The molecule has 1 spiro atoms. The number of nitriles is 1. The van der Waals surface area contributed by atoms with Gasteiger partial charge in [-0.15, -0.1) is 0 Å². The van der Waals surface area contributed by atoms with Crippen LogP contribution >= 0.6 is 0 Å². The maximum Gasteiger partial charge on any atom is 0.325 e. The molecular formula is C17H19N3O2. The molecule has 5 nitrogen and oxygen atoms in total. The summed E-state index contributed by atoms with van der Waals surface area (Å²) in [6.45, 7) is 2.40. The van der Waals surface area contributed by atoms with Gasteiger partial charge < -0.3 is 5.32 Å². The van der Waals surface area contributed by atoms with Crippen molar-refractivity contribution in [2.24, 2.45) is 5.92 Å². The van der Waals surface area contributed by atoms with Gasteiger partial charge in [0.15, 0.2) is 0 Å². The minimum Gasteiger partial charge on any atom is -0.323 e. The van der Waals surface area contributed by atoms with Gasteiger partial charge in [0.1, 0.15) is 5.54 Å². The van der Waals surface area contributed by atoms with Crippen LogP contribution in [0, 0.1) is 17.2 Å². The fourth-order valence-electron chi connectivity index (χ4n) is 3.34. The van der Waals surface area contributed by atoms with E-state index in [9.17, 15) is 9.59 Å². The number of amides is 3. The van der Waals surface area contributed by atoms with Gasteiger partial charge in [0.2, 0.25) is 0 Å². The van der Waals surface area contributed by atoms with Gasteiger partial charge in [0, 0.05) is 0 Å². The molecule has 0 aromatic heterocycles. The largest absolute Gasteiger partial charge is 0.325 e. The second-order valence-corrected chi connectivity index (χ2v) is 6.40. The lowest BCUT2D eigenvalue weighted by molar-refractivity contribution is -0.133. The molecule has 0 radical (unpaired) electrons. The zero-order valence-electron chi connectivity index (χ0n) is 12.6. The predicted molar refractivity (Wildman–Crippen MR) is 80.6 cm³/mol. The first-order valence-electron chi connectivity index (χ1n) is 7.67. The van der Waals surface area contributed by atoms with Crippen molar-refractivity contribution in [3.05, 3.63) is 35.4 Å². The lowest BCUT2D eigenvalue weighted by Gasteiger charge is -2.33. The van der Waals surface area contributed by atoms with Crippen LogP contribution in [0.1, 0.15) is 43.7 Å². The predicted octanol–water partition coefficient (Wildman–Crippen LogP) is 2.56. The van der Waals surface area contributed by atoms with E-state index in [-0.39, 0.29) is 18.5 Å². The lowest BCUT2D eigenvalue weighted by Crippen LogP contribution is -2.49. The molecule has 1 aromatic carbocycles. The molecule has 0 bridgehead atoms. The van der Waals surface area contributed by atoms with E-state index in [2.05, 4.69) is 18.3 Å². The van der Waals surface area contributed by atoms with Crippen LogP contribution in [0.4, 0.5) is 4.79 Å².